The molecule has 0 aliphatic heterocycles. The minimum atomic E-state index is -0.771. The topological polar surface area (TPSA) is 69.0 Å². The van der Waals surface area contributed by atoms with Crippen molar-refractivity contribution in [3.63, 3.8) is 0 Å². The van der Waals surface area contributed by atoms with Crippen molar-refractivity contribution in [1.29, 1.82) is 5.26 Å². The maximum absolute atomic E-state index is 13.1. The van der Waals surface area contributed by atoms with Gasteiger partial charge in [0.15, 0.2) is 0 Å². The Morgan fingerprint density at radius 1 is 1.30 bits per heavy atom. The van der Waals surface area contributed by atoms with E-state index in [0.29, 0.717) is 5.82 Å². The molecule has 2 aromatic rings. The van der Waals surface area contributed by atoms with Crippen molar-refractivity contribution >= 4 is 17.4 Å². The molecule has 1 aromatic heterocycles. The van der Waals surface area contributed by atoms with Crippen LogP contribution in [0.5, 0.6) is 0 Å². The van der Waals surface area contributed by atoms with E-state index >= 15 is 0 Å². The number of carbonyl (C=O) groups excluding carboxylic acids is 1. The lowest BCUT2D eigenvalue weighted by Crippen LogP contribution is -2.30. The number of nitrogens with one attached hydrogen (secondary N) is 1. The van der Waals surface area contributed by atoms with Gasteiger partial charge in [-0.1, -0.05) is 6.07 Å². The van der Waals surface area contributed by atoms with Crippen molar-refractivity contribution < 1.29 is 13.6 Å². The number of hydrogen-bond donors (Lipinski definition) is 1. The molecule has 5 nitrogen and oxygen atoms in total. The Labute approximate surface area is 132 Å². The number of aromatic nitrogens is 1. The SMILES string of the molecule is Cc1ccc(N(C)CC(=O)Nc2cc(F)cc(F)c2)nc1C#N. The zero-order chi connectivity index (χ0) is 17.0. The third kappa shape index (κ3) is 4.23. The quantitative estimate of drug-likeness (QED) is 0.941. The van der Waals surface area contributed by atoms with Crippen LogP contribution in [0.1, 0.15) is 11.3 Å². The van der Waals surface area contributed by atoms with Gasteiger partial charge in [-0.2, -0.15) is 5.26 Å². The van der Waals surface area contributed by atoms with E-state index < -0.39 is 17.5 Å². The third-order valence-corrected chi connectivity index (χ3v) is 3.11. The maximum atomic E-state index is 13.1. The first kappa shape index (κ1) is 16.4. The number of benzene rings is 1. The number of nitriles is 1. The third-order valence-electron chi connectivity index (χ3n) is 3.11. The molecule has 0 saturated carbocycles. The molecule has 23 heavy (non-hydrogen) atoms. The normalized spacial score (nSPS) is 10.0. The molecule has 1 amide bonds. The first-order chi connectivity index (χ1) is 10.9. The molecule has 1 aromatic carbocycles. The van der Waals surface area contributed by atoms with Crippen molar-refractivity contribution in [3.8, 4) is 6.07 Å². The lowest BCUT2D eigenvalue weighted by molar-refractivity contribution is -0.114. The van der Waals surface area contributed by atoms with Gasteiger partial charge in [0.25, 0.3) is 0 Å². The molecule has 0 fully saturated rings. The zero-order valence-corrected chi connectivity index (χ0v) is 12.6. The van der Waals surface area contributed by atoms with Gasteiger partial charge in [0.2, 0.25) is 5.91 Å². The van der Waals surface area contributed by atoms with Gasteiger partial charge in [0.05, 0.1) is 6.54 Å². The van der Waals surface area contributed by atoms with Gasteiger partial charge in [-0.25, -0.2) is 13.8 Å². The van der Waals surface area contributed by atoms with Crippen LogP contribution < -0.4 is 10.2 Å². The fourth-order valence-corrected chi connectivity index (χ4v) is 1.97. The van der Waals surface area contributed by atoms with Crippen molar-refractivity contribution in [1.82, 2.24) is 4.98 Å². The van der Waals surface area contributed by atoms with Crippen molar-refractivity contribution in [2.24, 2.45) is 0 Å². The van der Waals surface area contributed by atoms with Gasteiger partial charge in [-0.3, -0.25) is 4.79 Å². The maximum Gasteiger partial charge on any atom is 0.243 e. The van der Waals surface area contributed by atoms with E-state index in [0.717, 1.165) is 23.8 Å². The number of amides is 1. The summed E-state index contributed by atoms with van der Waals surface area (Å²) in [6, 6.07) is 8.17. The lowest BCUT2D eigenvalue weighted by Gasteiger charge is -2.18. The minimum Gasteiger partial charge on any atom is -0.350 e. The van der Waals surface area contributed by atoms with E-state index in [2.05, 4.69) is 10.3 Å². The molecular formula is C16H14F2N4O. The van der Waals surface area contributed by atoms with Gasteiger partial charge < -0.3 is 10.2 Å². The molecule has 0 aliphatic rings. The van der Waals surface area contributed by atoms with Gasteiger partial charge in [-0.15, -0.1) is 0 Å². The molecule has 0 aliphatic carbocycles. The second-order valence-electron chi connectivity index (χ2n) is 5.01. The van der Waals surface area contributed by atoms with E-state index in [9.17, 15) is 13.6 Å². The van der Waals surface area contributed by atoms with Gasteiger partial charge in [-0.05, 0) is 30.7 Å². The molecule has 0 atom stereocenters. The molecule has 1 heterocycles. The number of carbonyl (C=O) groups is 1. The highest BCUT2D eigenvalue weighted by Crippen LogP contribution is 2.15. The Kier molecular flexibility index (Phi) is 4.86. The van der Waals surface area contributed by atoms with Gasteiger partial charge in [0.1, 0.15) is 29.2 Å². The Balaban J connectivity index is 2.06. The fraction of sp³-hybridized carbons (Fsp3) is 0.188. The standard InChI is InChI=1S/C16H14F2N4O/c1-10-3-4-15(21-14(10)8-19)22(2)9-16(23)20-13-6-11(17)5-12(18)7-13/h3-7H,9H2,1-2H3,(H,20,23). The Hall–Kier alpha value is -3.01. The molecule has 0 spiro atoms. The summed E-state index contributed by atoms with van der Waals surface area (Å²) in [5.41, 5.74) is 1.06. The van der Waals surface area contributed by atoms with Crippen molar-refractivity contribution in [3.05, 3.63) is 53.2 Å². The summed E-state index contributed by atoms with van der Waals surface area (Å²) in [5, 5.41) is 11.4. The molecule has 0 radical (unpaired) electrons. The predicted molar refractivity (Wildman–Crippen MR) is 81.9 cm³/mol. The van der Waals surface area contributed by atoms with Gasteiger partial charge >= 0.3 is 0 Å². The highest BCUT2D eigenvalue weighted by atomic mass is 19.1. The monoisotopic (exact) mass is 316 g/mol. The average molecular weight is 316 g/mol. The smallest absolute Gasteiger partial charge is 0.243 e. The van der Waals surface area contributed by atoms with Crippen LogP contribution in [-0.2, 0) is 4.79 Å². The minimum absolute atomic E-state index is 0.0375. The summed E-state index contributed by atoms with van der Waals surface area (Å²) < 4.78 is 26.2. The molecule has 7 heteroatoms. The summed E-state index contributed by atoms with van der Waals surface area (Å²) in [6.45, 7) is 1.68. The lowest BCUT2D eigenvalue weighted by atomic mass is 10.2. The summed E-state index contributed by atoms with van der Waals surface area (Å²) in [6.07, 6.45) is 0. The fourth-order valence-electron chi connectivity index (χ4n) is 1.97. The summed E-state index contributed by atoms with van der Waals surface area (Å²) >= 11 is 0. The summed E-state index contributed by atoms with van der Waals surface area (Å²) in [5.74, 6) is -1.55. The van der Waals surface area contributed by atoms with Crippen LogP contribution in [0.25, 0.3) is 0 Å². The number of anilines is 2. The van der Waals surface area contributed by atoms with Crippen LogP contribution >= 0.6 is 0 Å². The highest BCUT2D eigenvalue weighted by molar-refractivity contribution is 5.93. The second-order valence-corrected chi connectivity index (χ2v) is 5.01. The number of nitrogens with zero attached hydrogens (tertiary/aromatic N) is 3. The van der Waals surface area contributed by atoms with Crippen molar-refractivity contribution in [2.75, 3.05) is 23.8 Å². The molecular weight excluding hydrogens is 302 g/mol. The highest BCUT2D eigenvalue weighted by Gasteiger charge is 2.11. The first-order valence-corrected chi connectivity index (χ1v) is 6.74. The second kappa shape index (κ2) is 6.83. The molecule has 1 N–H and O–H groups in total. The molecule has 0 saturated heterocycles. The molecule has 2 rings (SSSR count). The number of pyridine rings is 1. The van der Waals surface area contributed by atoms with Gasteiger partial charge in [0, 0.05) is 18.8 Å². The summed E-state index contributed by atoms with van der Waals surface area (Å²) in [7, 11) is 1.63. The Morgan fingerprint density at radius 2 is 1.96 bits per heavy atom. The van der Waals surface area contributed by atoms with E-state index in [-0.39, 0.29) is 17.9 Å². The predicted octanol–water partition coefficient (Wildman–Crippen LogP) is 2.61. The van der Waals surface area contributed by atoms with Crippen LogP contribution in [0, 0.1) is 29.9 Å². The Morgan fingerprint density at radius 3 is 2.57 bits per heavy atom. The number of likely N-dealkylation sites (N-methyl/N-ethyl adjacent to an activating group) is 1. The van der Waals surface area contributed by atoms with Crippen molar-refractivity contribution in [2.45, 2.75) is 6.92 Å². The van der Waals surface area contributed by atoms with E-state index in [4.69, 9.17) is 5.26 Å². The molecule has 0 bridgehead atoms. The van der Waals surface area contributed by atoms with Crippen LogP contribution in [0.2, 0.25) is 0 Å². The summed E-state index contributed by atoms with van der Waals surface area (Å²) in [4.78, 5) is 17.6. The number of rotatable bonds is 4. The van der Waals surface area contributed by atoms with Crippen LogP contribution in [0.4, 0.5) is 20.3 Å². The van der Waals surface area contributed by atoms with Crippen LogP contribution in [0.15, 0.2) is 30.3 Å². The average Bonchev–Trinajstić information content (AvgIpc) is 2.46. The molecule has 118 valence electrons. The van der Waals surface area contributed by atoms with E-state index in [1.807, 2.05) is 6.07 Å². The Bertz CT molecular complexity index is 766. The van der Waals surface area contributed by atoms with Crippen LogP contribution in [0.3, 0.4) is 0 Å². The van der Waals surface area contributed by atoms with E-state index in [1.54, 1.807) is 26.1 Å². The number of aryl methyl sites for hydroxylation is 1. The van der Waals surface area contributed by atoms with E-state index in [1.165, 1.54) is 4.90 Å². The van der Waals surface area contributed by atoms with Crippen LogP contribution in [-0.4, -0.2) is 24.5 Å². The zero-order valence-electron chi connectivity index (χ0n) is 12.6. The first-order valence-electron chi connectivity index (χ1n) is 6.74. The number of halogens is 2. The number of hydrogen-bond acceptors (Lipinski definition) is 4. The largest absolute Gasteiger partial charge is 0.350 e. The molecule has 0 unspecified atom stereocenters.